The molecule has 0 fully saturated rings. The Hall–Kier alpha value is -2.04. The van der Waals surface area contributed by atoms with Crippen molar-refractivity contribution in [1.29, 1.82) is 0 Å². The van der Waals surface area contributed by atoms with Gasteiger partial charge in [0.25, 0.3) is 0 Å². The molecule has 2 N–H and O–H groups in total. The average molecular weight is 219 g/mol. The summed E-state index contributed by atoms with van der Waals surface area (Å²) in [6, 6.07) is 5.34. The third kappa shape index (κ3) is 1.98. The quantitative estimate of drug-likeness (QED) is 0.767. The molecule has 2 aromatic rings. The van der Waals surface area contributed by atoms with Gasteiger partial charge >= 0.3 is 5.69 Å². The highest BCUT2D eigenvalue weighted by Gasteiger charge is 2.07. The third-order valence-corrected chi connectivity index (χ3v) is 2.58. The fourth-order valence-corrected chi connectivity index (χ4v) is 1.72. The van der Waals surface area contributed by atoms with Crippen molar-refractivity contribution in [3.8, 4) is 0 Å². The molecule has 0 spiro atoms. The molecule has 0 aliphatic rings. The molecular formula is C11H11N2O3-. The van der Waals surface area contributed by atoms with Crippen LogP contribution in [0.2, 0.25) is 0 Å². The molecule has 0 aliphatic carbocycles. The van der Waals surface area contributed by atoms with Crippen LogP contribution >= 0.6 is 0 Å². The summed E-state index contributed by atoms with van der Waals surface area (Å²) in [7, 11) is 0. The fourth-order valence-electron chi connectivity index (χ4n) is 1.72. The number of nitrogens with one attached hydrogen (secondary N) is 2. The van der Waals surface area contributed by atoms with E-state index in [2.05, 4.69) is 9.97 Å². The van der Waals surface area contributed by atoms with Crippen molar-refractivity contribution in [2.45, 2.75) is 19.3 Å². The van der Waals surface area contributed by atoms with Crippen LogP contribution in [-0.4, -0.2) is 15.9 Å². The van der Waals surface area contributed by atoms with Crippen molar-refractivity contribution < 1.29 is 9.90 Å². The molecule has 1 atom stereocenters. The van der Waals surface area contributed by atoms with E-state index in [9.17, 15) is 14.7 Å². The number of carbonyl (C=O) groups is 1. The van der Waals surface area contributed by atoms with Crippen LogP contribution in [-0.2, 0) is 4.79 Å². The van der Waals surface area contributed by atoms with Gasteiger partial charge in [-0.3, -0.25) is 0 Å². The van der Waals surface area contributed by atoms with Crippen molar-refractivity contribution in [1.82, 2.24) is 9.97 Å². The predicted molar refractivity (Wildman–Crippen MR) is 57.0 cm³/mol. The molecule has 2 rings (SSSR count). The third-order valence-electron chi connectivity index (χ3n) is 2.58. The van der Waals surface area contributed by atoms with Gasteiger partial charge in [-0.25, -0.2) is 4.79 Å². The lowest BCUT2D eigenvalue weighted by Crippen LogP contribution is -2.23. The Balaban J connectivity index is 2.38. The number of hydrogen-bond donors (Lipinski definition) is 2. The Bertz CT molecular complexity index is 582. The summed E-state index contributed by atoms with van der Waals surface area (Å²) in [6.07, 6.45) is -0.0276. The highest BCUT2D eigenvalue weighted by molar-refractivity contribution is 5.75. The molecule has 1 aromatic heterocycles. The van der Waals surface area contributed by atoms with E-state index in [1.807, 2.05) is 6.92 Å². The second-order valence-electron chi connectivity index (χ2n) is 3.86. The zero-order chi connectivity index (χ0) is 11.7. The highest BCUT2D eigenvalue weighted by Crippen LogP contribution is 2.21. The number of carboxylic acid groups (broad SMARTS) is 1. The lowest BCUT2D eigenvalue weighted by atomic mass is 9.97. The average Bonchev–Trinajstić information content (AvgIpc) is 2.55. The summed E-state index contributed by atoms with van der Waals surface area (Å²) in [6.45, 7) is 1.81. The number of aromatic amines is 2. The molecule has 5 nitrogen and oxygen atoms in total. The van der Waals surface area contributed by atoms with Crippen molar-refractivity contribution >= 4 is 17.0 Å². The Morgan fingerprint density at radius 1 is 1.38 bits per heavy atom. The number of fused-ring (bicyclic) bond motifs is 1. The van der Waals surface area contributed by atoms with Crippen LogP contribution in [0, 0.1) is 0 Å². The number of benzene rings is 1. The minimum absolute atomic E-state index is 0.0276. The van der Waals surface area contributed by atoms with Gasteiger partial charge in [-0.1, -0.05) is 13.0 Å². The van der Waals surface area contributed by atoms with Crippen LogP contribution in [0.1, 0.15) is 24.8 Å². The first-order valence-electron chi connectivity index (χ1n) is 4.98. The topological polar surface area (TPSA) is 88.8 Å². The smallest absolute Gasteiger partial charge is 0.323 e. The van der Waals surface area contributed by atoms with Crippen LogP contribution in [0.4, 0.5) is 0 Å². The number of carboxylic acids is 1. The normalized spacial score (nSPS) is 12.8. The van der Waals surface area contributed by atoms with Gasteiger partial charge in [-0.05, 0) is 30.0 Å². The zero-order valence-electron chi connectivity index (χ0n) is 8.74. The molecule has 0 aliphatic heterocycles. The van der Waals surface area contributed by atoms with E-state index in [1.54, 1.807) is 18.2 Å². The first kappa shape index (κ1) is 10.5. The van der Waals surface area contributed by atoms with E-state index >= 15 is 0 Å². The lowest BCUT2D eigenvalue weighted by molar-refractivity contribution is -0.306. The van der Waals surface area contributed by atoms with Crippen LogP contribution in [0.25, 0.3) is 11.0 Å². The molecule has 16 heavy (non-hydrogen) atoms. The SMILES string of the molecule is C[C@@H](CC(=O)[O-])c1ccc2[nH]c(=O)[nH]c2c1. The number of aromatic nitrogens is 2. The molecule has 84 valence electrons. The van der Waals surface area contributed by atoms with E-state index in [0.717, 1.165) is 11.1 Å². The molecule has 0 amide bonds. The van der Waals surface area contributed by atoms with Gasteiger partial charge in [0, 0.05) is 5.97 Å². The second kappa shape index (κ2) is 3.84. The van der Waals surface area contributed by atoms with E-state index in [1.165, 1.54) is 0 Å². The Morgan fingerprint density at radius 2 is 2.06 bits per heavy atom. The zero-order valence-corrected chi connectivity index (χ0v) is 8.74. The number of H-pyrrole nitrogens is 2. The summed E-state index contributed by atoms with van der Waals surface area (Å²) < 4.78 is 0. The van der Waals surface area contributed by atoms with Crippen LogP contribution in [0.5, 0.6) is 0 Å². The molecule has 0 bridgehead atoms. The largest absolute Gasteiger partial charge is 0.550 e. The van der Waals surface area contributed by atoms with Gasteiger partial charge in [0.2, 0.25) is 0 Å². The molecular weight excluding hydrogens is 208 g/mol. The van der Waals surface area contributed by atoms with Gasteiger partial charge in [0.1, 0.15) is 0 Å². The van der Waals surface area contributed by atoms with Gasteiger partial charge in [0.05, 0.1) is 11.0 Å². The molecule has 5 heteroatoms. The van der Waals surface area contributed by atoms with Crippen LogP contribution in [0.3, 0.4) is 0 Å². The maximum absolute atomic E-state index is 11.0. The summed E-state index contributed by atoms with van der Waals surface area (Å²) in [4.78, 5) is 26.8. The molecule has 1 aromatic carbocycles. The molecule has 1 heterocycles. The maximum atomic E-state index is 11.0. The second-order valence-corrected chi connectivity index (χ2v) is 3.86. The van der Waals surface area contributed by atoms with Crippen LogP contribution < -0.4 is 10.8 Å². The summed E-state index contributed by atoms with van der Waals surface area (Å²) in [5.41, 5.74) is 2.01. The lowest BCUT2D eigenvalue weighted by Gasteiger charge is -2.12. The first-order chi connectivity index (χ1) is 7.56. The number of imidazole rings is 1. The monoisotopic (exact) mass is 219 g/mol. The summed E-state index contributed by atoms with van der Waals surface area (Å²) in [5, 5.41) is 10.5. The van der Waals surface area contributed by atoms with E-state index < -0.39 is 5.97 Å². The van der Waals surface area contributed by atoms with Gasteiger partial charge in [-0.15, -0.1) is 0 Å². The van der Waals surface area contributed by atoms with Gasteiger partial charge < -0.3 is 19.9 Å². The maximum Gasteiger partial charge on any atom is 0.323 e. The summed E-state index contributed by atoms with van der Waals surface area (Å²) in [5.74, 6) is -1.21. The van der Waals surface area contributed by atoms with Crippen molar-refractivity contribution in [3.05, 3.63) is 34.2 Å². The number of aliphatic carboxylic acids is 1. The number of carbonyl (C=O) groups excluding carboxylic acids is 1. The standard InChI is InChI=1S/C11H12N2O3/c1-6(4-10(14)15)7-2-3-8-9(5-7)13-11(16)12-8/h2-3,5-6H,4H2,1H3,(H,14,15)(H2,12,13,16)/p-1/t6-/m0/s1. The fraction of sp³-hybridized carbons (Fsp3) is 0.273. The van der Waals surface area contributed by atoms with Crippen molar-refractivity contribution in [2.24, 2.45) is 0 Å². The van der Waals surface area contributed by atoms with Crippen molar-refractivity contribution in [3.63, 3.8) is 0 Å². The van der Waals surface area contributed by atoms with E-state index in [4.69, 9.17) is 0 Å². The minimum Gasteiger partial charge on any atom is -0.550 e. The Labute approximate surface area is 91.1 Å². The molecule has 0 unspecified atom stereocenters. The molecule has 0 radical (unpaired) electrons. The Morgan fingerprint density at radius 3 is 2.75 bits per heavy atom. The van der Waals surface area contributed by atoms with E-state index in [0.29, 0.717) is 5.52 Å². The number of rotatable bonds is 3. The number of hydrogen-bond acceptors (Lipinski definition) is 3. The van der Waals surface area contributed by atoms with Gasteiger partial charge in [0.15, 0.2) is 0 Å². The first-order valence-corrected chi connectivity index (χ1v) is 4.98. The minimum atomic E-state index is -1.07. The van der Waals surface area contributed by atoms with Gasteiger partial charge in [-0.2, -0.15) is 0 Å². The van der Waals surface area contributed by atoms with Crippen molar-refractivity contribution in [2.75, 3.05) is 0 Å². The van der Waals surface area contributed by atoms with E-state index in [-0.39, 0.29) is 18.0 Å². The highest BCUT2D eigenvalue weighted by atomic mass is 16.4. The predicted octanol–water partition coefficient (Wildman–Crippen LogP) is 0.0997. The Kier molecular flexibility index (Phi) is 2.52. The molecule has 0 saturated heterocycles. The molecule has 0 saturated carbocycles. The summed E-state index contributed by atoms with van der Waals surface area (Å²) >= 11 is 0. The van der Waals surface area contributed by atoms with Crippen LogP contribution in [0.15, 0.2) is 23.0 Å².